The van der Waals surface area contributed by atoms with Gasteiger partial charge in [0.1, 0.15) is 12.3 Å². The predicted octanol–water partition coefficient (Wildman–Crippen LogP) is 4.72. The Balaban J connectivity index is 1.85. The lowest BCUT2D eigenvalue weighted by Crippen LogP contribution is -2.11. The highest BCUT2D eigenvalue weighted by Gasteiger charge is 2.40. The first-order valence-corrected chi connectivity index (χ1v) is 7.29. The van der Waals surface area contributed by atoms with E-state index < -0.39 is 30.2 Å². The number of halogens is 3. The van der Waals surface area contributed by atoms with Crippen LogP contribution in [0.3, 0.4) is 0 Å². The van der Waals surface area contributed by atoms with E-state index in [4.69, 9.17) is 9.15 Å². The molecule has 0 fully saturated rings. The van der Waals surface area contributed by atoms with Gasteiger partial charge < -0.3 is 9.15 Å². The van der Waals surface area contributed by atoms with Crippen LogP contribution in [-0.4, -0.2) is 11.0 Å². The Bertz CT molecular complexity index is 858. The monoisotopic (exact) mass is 347 g/mol. The first-order chi connectivity index (χ1) is 11.9. The van der Waals surface area contributed by atoms with Crippen LogP contribution in [0.15, 0.2) is 65.1 Å². The molecule has 0 aliphatic rings. The standard InChI is InChI=1S/C18H12F3NO3/c19-18(20,21)15-14(11-24-17(23)13-9-5-2-6-10-13)22-16(25-15)12-7-3-1-4-8-12/h1-10H,11H2. The highest BCUT2D eigenvalue weighted by Crippen LogP contribution is 2.35. The third-order valence-corrected chi connectivity index (χ3v) is 3.33. The van der Waals surface area contributed by atoms with Crippen LogP contribution in [0.4, 0.5) is 13.2 Å². The van der Waals surface area contributed by atoms with Gasteiger partial charge in [-0.25, -0.2) is 9.78 Å². The van der Waals surface area contributed by atoms with Gasteiger partial charge in [0, 0.05) is 5.56 Å². The molecule has 3 aromatic rings. The molecule has 0 aliphatic carbocycles. The first-order valence-electron chi connectivity index (χ1n) is 7.29. The summed E-state index contributed by atoms with van der Waals surface area (Å²) >= 11 is 0. The van der Waals surface area contributed by atoms with Crippen LogP contribution in [0.1, 0.15) is 21.8 Å². The third-order valence-electron chi connectivity index (χ3n) is 3.33. The Morgan fingerprint density at radius 2 is 1.60 bits per heavy atom. The SMILES string of the molecule is O=C(OCc1nc(-c2ccccc2)oc1C(F)(F)F)c1ccccc1. The van der Waals surface area contributed by atoms with Gasteiger partial charge in [-0.05, 0) is 24.3 Å². The molecule has 0 bridgehead atoms. The van der Waals surface area contributed by atoms with E-state index in [0.29, 0.717) is 5.56 Å². The fourth-order valence-electron chi connectivity index (χ4n) is 2.17. The molecule has 0 atom stereocenters. The molecule has 128 valence electrons. The van der Waals surface area contributed by atoms with E-state index in [0.717, 1.165) is 0 Å². The summed E-state index contributed by atoms with van der Waals surface area (Å²) in [6.07, 6.45) is -4.74. The van der Waals surface area contributed by atoms with Gasteiger partial charge in [0.2, 0.25) is 11.7 Å². The summed E-state index contributed by atoms with van der Waals surface area (Å²) in [6.45, 7) is -0.640. The number of aromatic nitrogens is 1. The Labute approximate surface area is 140 Å². The summed E-state index contributed by atoms with van der Waals surface area (Å²) < 4.78 is 49.3. The van der Waals surface area contributed by atoms with Crippen molar-refractivity contribution in [1.29, 1.82) is 0 Å². The fraction of sp³-hybridized carbons (Fsp3) is 0.111. The van der Waals surface area contributed by atoms with E-state index in [-0.39, 0.29) is 11.5 Å². The van der Waals surface area contributed by atoms with Crippen molar-refractivity contribution in [3.05, 3.63) is 77.7 Å². The molecule has 1 aromatic heterocycles. The van der Waals surface area contributed by atoms with Gasteiger partial charge in [-0.15, -0.1) is 0 Å². The zero-order valence-corrected chi connectivity index (χ0v) is 12.8. The highest BCUT2D eigenvalue weighted by atomic mass is 19.4. The topological polar surface area (TPSA) is 52.3 Å². The molecular weight excluding hydrogens is 335 g/mol. The quantitative estimate of drug-likeness (QED) is 0.641. The van der Waals surface area contributed by atoms with Gasteiger partial charge in [-0.1, -0.05) is 36.4 Å². The molecule has 3 rings (SSSR count). The molecule has 4 nitrogen and oxygen atoms in total. The number of oxazole rings is 1. The van der Waals surface area contributed by atoms with Gasteiger partial charge >= 0.3 is 12.1 Å². The van der Waals surface area contributed by atoms with Crippen LogP contribution in [0.25, 0.3) is 11.5 Å². The summed E-state index contributed by atoms with van der Waals surface area (Å²) in [6, 6.07) is 16.2. The van der Waals surface area contributed by atoms with Crippen LogP contribution < -0.4 is 0 Å². The summed E-state index contributed by atoms with van der Waals surface area (Å²) in [5.41, 5.74) is 0.159. The molecule has 25 heavy (non-hydrogen) atoms. The van der Waals surface area contributed by atoms with Crippen molar-refractivity contribution in [2.45, 2.75) is 12.8 Å². The van der Waals surface area contributed by atoms with Gasteiger partial charge in [-0.3, -0.25) is 0 Å². The number of esters is 1. The fourth-order valence-corrected chi connectivity index (χ4v) is 2.17. The normalized spacial score (nSPS) is 11.3. The molecular formula is C18H12F3NO3. The zero-order valence-electron chi connectivity index (χ0n) is 12.8. The minimum atomic E-state index is -4.74. The molecule has 0 amide bonds. The Morgan fingerprint density at radius 1 is 1.00 bits per heavy atom. The van der Waals surface area contributed by atoms with Gasteiger partial charge in [-0.2, -0.15) is 13.2 Å². The number of carbonyl (C=O) groups excluding carboxylic acids is 1. The van der Waals surface area contributed by atoms with Crippen molar-refractivity contribution in [2.24, 2.45) is 0 Å². The molecule has 0 saturated carbocycles. The molecule has 0 saturated heterocycles. The molecule has 0 aliphatic heterocycles. The van der Waals surface area contributed by atoms with Crippen LogP contribution in [-0.2, 0) is 17.5 Å². The van der Waals surface area contributed by atoms with E-state index >= 15 is 0 Å². The number of ether oxygens (including phenoxy) is 1. The first kappa shape index (κ1) is 16.8. The van der Waals surface area contributed by atoms with Crippen LogP contribution in [0.5, 0.6) is 0 Å². The molecule has 2 aromatic carbocycles. The predicted molar refractivity (Wildman–Crippen MR) is 82.5 cm³/mol. The molecule has 0 spiro atoms. The lowest BCUT2D eigenvalue weighted by Gasteiger charge is -2.06. The third kappa shape index (κ3) is 3.88. The number of alkyl halides is 3. The van der Waals surface area contributed by atoms with Crippen molar-refractivity contribution >= 4 is 5.97 Å². The van der Waals surface area contributed by atoms with E-state index in [2.05, 4.69) is 4.98 Å². The minimum absolute atomic E-state index is 0.182. The second-order valence-electron chi connectivity index (χ2n) is 5.10. The maximum atomic E-state index is 13.2. The average Bonchev–Trinajstić information content (AvgIpc) is 3.06. The zero-order chi connectivity index (χ0) is 17.9. The highest BCUT2D eigenvalue weighted by molar-refractivity contribution is 5.89. The minimum Gasteiger partial charge on any atom is -0.455 e. The molecule has 1 heterocycles. The molecule has 0 N–H and O–H groups in total. The second-order valence-corrected chi connectivity index (χ2v) is 5.10. The molecule has 0 unspecified atom stereocenters. The number of benzene rings is 2. The van der Waals surface area contributed by atoms with Gasteiger partial charge in [0.25, 0.3) is 0 Å². The molecule has 7 heteroatoms. The number of hydrogen-bond donors (Lipinski definition) is 0. The average molecular weight is 347 g/mol. The van der Waals surface area contributed by atoms with Crippen molar-refractivity contribution in [2.75, 3.05) is 0 Å². The Morgan fingerprint density at radius 3 is 2.20 bits per heavy atom. The van der Waals surface area contributed by atoms with Crippen LogP contribution in [0, 0.1) is 0 Å². The lowest BCUT2D eigenvalue weighted by atomic mass is 10.2. The summed E-state index contributed by atoms with van der Waals surface area (Å²) in [5.74, 6) is -2.19. The lowest BCUT2D eigenvalue weighted by molar-refractivity contribution is -0.154. The number of hydrogen-bond acceptors (Lipinski definition) is 4. The summed E-state index contributed by atoms with van der Waals surface area (Å²) in [7, 11) is 0. The maximum Gasteiger partial charge on any atom is 0.451 e. The maximum absolute atomic E-state index is 13.2. The van der Waals surface area contributed by atoms with E-state index in [1.807, 2.05) is 0 Å². The van der Waals surface area contributed by atoms with Crippen LogP contribution >= 0.6 is 0 Å². The number of carbonyl (C=O) groups is 1. The largest absolute Gasteiger partial charge is 0.455 e. The van der Waals surface area contributed by atoms with Crippen LogP contribution in [0.2, 0.25) is 0 Å². The van der Waals surface area contributed by atoms with E-state index in [9.17, 15) is 18.0 Å². The Hall–Kier alpha value is -3.09. The van der Waals surface area contributed by atoms with Gasteiger partial charge in [0.05, 0.1) is 5.56 Å². The molecule has 0 radical (unpaired) electrons. The van der Waals surface area contributed by atoms with E-state index in [1.165, 1.54) is 12.1 Å². The van der Waals surface area contributed by atoms with Crippen molar-refractivity contribution < 1.29 is 27.1 Å². The number of rotatable bonds is 4. The van der Waals surface area contributed by atoms with Gasteiger partial charge in [0.15, 0.2) is 0 Å². The number of nitrogens with zero attached hydrogens (tertiary/aromatic N) is 1. The van der Waals surface area contributed by atoms with Crippen molar-refractivity contribution in [1.82, 2.24) is 4.98 Å². The van der Waals surface area contributed by atoms with E-state index in [1.54, 1.807) is 48.5 Å². The Kier molecular flexibility index (Phi) is 4.56. The van der Waals surface area contributed by atoms with Crippen molar-refractivity contribution in [3.63, 3.8) is 0 Å². The smallest absolute Gasteiger partial charge is 0.451 e. The summed E-state index contributed by atoms with van der Waals surface area (Å²) in [4.78, 5) is 15.7. The van der Waals surface area contributed by atoms with Crippen molar-refractivity contribution in [3.8, 4) is 11.5 Å². The summed E-state index contributed by atoms with van der Waals surface area (Å²) in [5, 5.41) is 0. The second kappa shape index (κ2) is 6.80.